The lowest BCUT2D eigenvalue weighted by Crippen LogP contribution is -2.16. The molecule has 0 aliphatic heterocycles. The Balaban J connectivity index is 1.80. The highest BCUT2D eigenvalue weighted by Gasteiger charge is 2.56. The van der Waals surface area contributed by atoms with Gasteiger partial charge in [0.15, 0.2) is 0 Å². The van der Waals surface area contributed by atoms with Crippen molar-refractivity contribution in [3.8, 4) is 0 Å². The molecule has 1 aromatic carbocycles. The fourth-order valence-electron chi connectivity index (χ4n) is 1.84. The van der Waals surface area contributed by atoms with Crippen LogP contribution in [0.15, 0.2) is 18.2 Å². The van der Waals surface area contributed by atoms with Crippen molar-refractivity contribution < 1.29 is 4.79 Å². The van der Waals surface area contributed by atoms with E-state index in [2.05, 4.69) is 10.3 Å². The van der Waals surface area contributed by atoms with Gasteiger partial charge in [-0.3, -0.25) is 4.79 Å². The molecule has 1 aliphatic carbocycles. The molecule has 1 atom stereocenters. The van der Waals surface area contributed by atoms with Gasteiger partial charge in [0.2, 0.25) is 5.91 Å². The number of hydrogen-bond donors (Lipinski definition) is 1. The van der Waals surface area contributed by atoms with Crippen LogP contribution in [0.2, 0.25) is 0 Å². The van der Waals surface area contributed by atoms with Crippen LogP contribution in [-0.4, -0.2) is 15.2 Å². The van der Waals surface area contributed by atoms with E-state index < -0.39 is 4.33 Å². The minimum absolute atomic E-state index is 0.124. The zero-order valence-electron chi connectivity index (χ0n) is 9.54. The number of nitrogens with zero attached hydrogens (tertiary/aromatic N) is 1. The number of hydrogen-bond acceptors (Lipinski definition) is 3. The molecule has 0 bridgehead atoms. The van der Waals surface area contributed by atoms with Crippen LogP contribution in [0.5, 0.6) is 0 Å². The predicted molar refractivity (Wildman–Crippen MR) is 75.5 cm³/mol. The van der Waals surface area contributed by atoms with Gasteiger partial charge in [-0.1, -0.05) is 0 Å². The number of rotatable bonds is 2. The number of thiazole rings is 1. The highest BCUT2D eigenvalue weighted by atomic mass is 35.5. The number of anilines is 1. The number of alkyl halides is 2. The highest BCUT2D eigenvalue weighted by Crippen LogP contribution is 2.53. The average molecular weight is 301 g/mol. The molecule has 1 heterocycles. The summed E-state index contributed by atoms with van der Waals surface area (Å²) in [4.78, 5) is 16.2. The Morgan fingerprint density at radius 2 is 2.28 bits per heavy atom. The van der Waals surface area contributed by atoms with Crippen LogP contribution in [0.4, 0.5) is 5.69 Å². The van der Waals surface area contributed by atoms with Crippen molar-refractivity contribution in [2.75, 3.05) is 5.32 Å². The Bertz CT molecular complexity index is 638. The largest absolute Gasteiger partial charge is 0.326 e. The molecular weight excluding hydrogens is 291 g/mol. The first-order valence-corrected chi connectivity index (χ1v) is 7.09. The summed E-state index contributed by atoms with van der Waals surface area (Å²) in [5, 5.41) is 3.84. The number of aryl methyl sites for hydroxylation is 1. The fraction of sp³-hybridized carbons (Fsp3) is 0.333. The standard InChI is InChI=1S/C12H10Cl2N2OS/c1-6-15-9-3-2-7(4-10(9)18-6)16-11(17)8-5-12(8,13)14/h2-4,8H,5H2,1H3,(H,16,17)/t8-/m0/s1. The Kier molecular flexibility index (Phi) is 2.77. The van der Waals surface area contributed by atoms with E-state index in [9.17, 15) is 4.79 Å². The van der Waals surface area contributed by atoms with Crippen molar-refractivity contribution in [1.29, 1.82) is 0 Å². The van der Waals surface area contributed by atoms with Crippen LogP contribution < -0.4 is 5.32 Å². The van der Waals surface area contributed by atoms with E-state index >= 15 is 0 Å². The number of nitrogens with one attached hydrogen (secondary N) is 1. The third-order valence-corrected chi connectivity index (χ3v) is 4.67. The van der Waals surface area contributed by atoms with E-state index in [-0.39, 0.29) is 11.8 Å². The molecule has 94 valence electrons. The van der Waals surface area contributed by atoms with Gasteiger partial charge in [0.05, 0.1) is 21.1 Å². The lowest BCUT2D eigenvalue weighted by atomic mass is 10.3. The van der Waals surface area contributed by atoms with Gasteiger partial charge in [0, 0.05) is 5.69 Å². The molecule has 1 fully saturated rings. The van der Waals surface area contributed by atoms with Gasteiger partial charge in [-0.05, 0) is 31.5 Å². The normalized spacial score (nSPS) is 20.9. The van der Waals surface area contributed by atoms with Gasteiger partial charge in [0.1, 0.15) is 4.33 Å². The lowest BCUT2D eigenvalue weighted by molar-refractivity contribution is -0.117. The number of amides is 1. The zero-order chi connectivity index (χ0) is 12.9. The third-order valence-electron chi connectivity index (χ3n) is 2.91. The second-order valence-corrected chi connectivity index (χ2v) is 7.20. The first kappa shape index (κ1) is 12.2. The SMILES string of the molecule is Cc1nc2ccc(NC(=O)[C@@H]3CC3(Cl)Cl)cc2s1. The topological polar surface area (TPSA) is 42.0 Å². The van der Waals surface area contributed by atoms with E-state index in [0.717, 1.165) is 20.9 Å². The van der Waals surface area contributed by atoms with Crippen LogP contribution in [0.3, 0.4) is 0 Å². The molecule has 0 radical (unpaired) electrons. The van der Waals surface area contributed by atoms with Crippen LogP contribution >= 0.6 is 34.5 Å². The third kappa shape index (κ3) is 2.20. The summed E-state index contributed by atoms with van der Waals surface area (Å²) in [6, 6.07) is 5.66. The summed E-state index contributed by atoms with van der Waals surface area (Å²) < 4.78 is 0.180. The molecule has 6 heteroatoms. The van der Waals surface area contributed by atoms with Crippen molar-refractivity contribution in [2.45, 2.75) is 17.7 Å². The Morgan fingerprint density at radius 1 is 1.56 bits per heavy atom. The fourth-order valence-corrected chi connectivity index (χ4v) is 3.22. The van der Waals surface area contributed by atoms with Crippen LogP contribution in [0, 0.1) is 12.8 Å². The quantitative estimate of drug-likeness (QED) is 0.859. The Labute approximate surface area is 118 Å². The van der Waals surface area contributed by atoms with Gasteiger partial charge >= 0.3 is 0 Å². The Morgan fingerprint density at radius 3 is 2.94 bits per heavy atom. The summed E-state index contributed by atoms with van der Waals surface area (Å²) in [5.41, 5.74) is 1.71. The summed E-state index contributed by atoms with van der Waals surface area (Å²) in [5.74, 6) is -0.430. The molecule has 1 amide bonds. The van der Waals surface area contributed by atoms with Gasteiger partial charge in [-0.15, -0.1) is 34.5 Å². The summed E-state index contributed by atoms with van der Waals surface area (Å²) >= 11 is 13.3. The molecule has 1 aromatic heterocycles. The number of carbonyl (C=O) groups is 1. The van der Waals surface area contributed by atoms with E-state index in [4.69, 9.17) is 23.2 Å². The number of carbonyl (C=O) groups excluding carboxylic acids is 1. The summed E-state index contributed by atoms with van der Waals surface area (Å²) in [7, 11) is 0. The minimum atomic E-state index is -0.880. The highest BCUT2D eigenvalue weighted by molar-refractivity contribution is 7.18. The maximum atomic E-state index is 11.8. The second kappa shape index (κ2) is 4.08. The van der Waals surface area contributed by atoms with E-state index in [1.165, 1.54) is 0 Å². The predicted octanol–water partition coefficient (Wildman–Crippen LogP) is 3.74. The van der Waals surface area contributed by atoms with Gasteiger partial charge in [0.25, 0.3) is 0 Å². The molecule has 0 spiro atoms. The maximum Gasteiger partial charge on any atom is 0.230 e. The molecule has 1 saturated carbocycles. The van der Waals surface area contributed by atoms with Crippen LogP contribution in [0.25, 0.3) is 10.2 Å². The Hall–Kier alpha value is -0.840. The van der Waals surface area contributed by atoms with Gasteiger partial charge in [-0.2, -0.15) is 0 Å². The molecule has 18 heavy (non-hydrogen) atoms. The van der Waals surface area contributed by atoms with Gasteiger partial charge in [-0.25, -0.2) is 4.98 Å². The number of halogens is 2. The van der Waals surface area contributed by atoms with Crippen molar-refractivity contribution in [1.82, 2.24) is 4.98 Å². The molecule has 2 aromatic rings. The molecule has 0 saturated heterocycles. The molecule has 0 unspecified atom stereocenters. The van der Waals surface area contributed by atoms with Crippen molar-refractivity contribution in [3.05, 3.63) is 23.2 Å². The maximum absolute atomic E-state index is 11.8. The van der Waals surface area contributed by atoms with Crippen molar-refractivity contribution >= 4 is 56.3 Å². The van der Waals surface area contributed by atoms with Crippen molar-refractivity contribution in [3.63, 3.8) is 0 Å². The molecular formula is C12H10Cl2N2OS. The molecule has 3 rings (SSSR count). The van der Waals surface area contributed by atoms with Crippen LogP contribution in [0.1, 0.15) is 11.4 Å². The number of aromatic nitrogens is 1. The first-order valence-electron chi connectivity index (χ1n) is 5.51. The second-order valence-electron chi connectivity index (χ2n) is 4.42. The summed E-state index contributed by atoms with van der Waals surface area (Å²) in [6.07, 6.45) is 0.518. The molecule has 1 aliphatic rings. The number of fused-ring (bicyclic) bond motifs is 1. The summed E-state index contributed by atoms with van der Waals surface area (Å²) in [6.45, 7) is 1.96. The minimum Gasteiger partial charge on any atom is -0.326 e. The average Bonchev–Trinajstić information content (AvgIpc) is 2.77. The van der Waals surface area contributed by atoms with Crippen LogP contribution in [-0.2, 0) is 4.79 Å². The smallest absolute Gasteiger partial charge is 0.230 e. The van der Waals surface area contributed by atoms with Gasteiger partial charge < -0.3 is 5.32 Å². The van der Waals surface area contributed by atoms with Crippen molar-refractivity contribution in [2.24, 2.45) is 5.92 Å². The monoisotopic (exact) mass is 300 g/mol. The lowest BCUT2D eigenvalue weighted by Gasteiger charge is -2.04. The van der Waals surface area contributed by atoms with E-state index in [1.54, 1.807) is 11.3 Å². The first-order chi connectivity index (χ1) is 8.45. The van der Waals surface area contributed by atoms with E-state index in [1.807, 2.05) is 25.1 Å². The molecule has 3 nitrogen and oxygen atoms in total. The van der Waals surface area contributed by atoms with E-state index in [0.29, 0.717) is 6.42 Å². The number of benzene rings is 1. The zero-order valence-corrected chi connectivity index (χ0v) is 11.9. The molecule has 1 N–H and O–H groups in total.